The van der Waals surface area contributed by atoms with Crippen molar-refractivity contribution < 1.29 is 18.4 Å². The van der Waals surface area contributed by atoms with E-state index in [9.17, 15) is 13.2 Å². The first-order valence-electron chi connectivity index (χ1n) is 7.14. The molecular formula is C17H18N2O4S. The summed E-state index contributed by atoms with van der Waals surface area (Å²) in [5.41, 5.74) is 4.53. The molecule has 2 rings (SSSR count). The quantitative estimate of drug-likeness (QED) is 0.440. The Bertz CT molecular complexity index is 889. The summed E-state index contributed by atoms with van der Waals surface area (Å²) in [6.07, 6.45) is 2.50. The molecule has 2 aromatic carbocycles. The topological polar surface area (TPSA) is 95.5 Å². The first-order chi connectivity index (χ1) is 11.3. The number of carbonyl (C=O) groups is 1. The maximum atomic E-state index is 12.5. The average molecular weight is 346 g/mol. The van der Waals surface area contributed by atoms with Crippen molar-refractivity contribution in [2.45, 2.75) is 18.7 Å². The average Bonchev–Trinajstić information content (AvgIpc) is 2.56. The standard InChI is InChI=1S/C17H18N2O4S/c1-12-6-8-15(10-13(12)2)19-24(22,23)16-5-3-4-14(11-16)7-9-17(20)18-21/h3-11,19,21H,1-2H3,(H,18,20). The van der Waals surface area contributed by atoms with E-state index in [2.05, 4.69) is 4.72 Å². The van der Waals surface area contributed by atoms with E-state index in [1.807, 2.05) is 19.9 Å². The van der Waals surface area contributed by atoms with Crippen LogP contribution in [0.3, 0.4) is 0 Å². The van der Waals surface area contributed by atoms with E-state index in [1.165, 1.54) is 23.7 Å². The number of benzene rings is 2. The summed E-state index contributed by atoms with van der Waals surface area (Å²) in [6, 6.07) is 11.4. The molecule has 3 N–H and O–H groups in total. The number of amides is 1. The molecule has 126 valence electrons. The largest absolute Gasteiger partial charge is 0.288 e. The minimum atomic E-state index is -3.74. The molecule has 0 spiro atoms. The van der Waals surface area contributed by atoms with Gasteiger partial charge in [-0.25, -0.2) is 13.9 Å². The maximum Gasteiger partial charge on any atom is 0.267 e. The van der Waals surface area contributed by atoms with Gasteiger partial charge in [0, 0.05) is 11.8 Å². The highest BCUT2D eigenvalue weighted by molar-refractivity contribution is 7.92. The SMILES string of the molecule is Cc1ccc(NS(=O)(=O)c2cccc(C=CC(=O)NO)c2)cc1C. The molecule has 0 bridgehead atoms. The van der Waals surface area contributed by atoms with Gasteiger partial charge in [-0.3, -0.25) is 14.7 Å². The number of hydrogen-bond acceptors (Lipinski definition) is 4. The van der Waals surface area contributed by atoms with Crippen molar-refractivity contribution in [1.29, 1.82) is 0 Å². The Kier molecular flexibility index (Phi) is 5.38. The lowest BCUT2D eigenvalue weighted by Gasteiger charge is -2.10. The van der Waals surface area contributed by atoms with Gasteiger partial charge in [-0.1, -0.05) is 18.2 Å². The molecule has 0 aromatic heterocycles. The lowest BCUT2D eigenvalue weighted by molar-refractivity contribution is -0.124. The van der Waals surface area contributed by atoms with Gasteiger partial charge in [0.05, 0.1) is 4.90 Å². The van der Waals surface area contributed by atoms with Crippen LogP contribution in [0.5, 0.6) is 0 Å². The zero-order valence-corrected chi connectivity index (χ0v) is 14.1. The Hall–Kier alpha value is -2.64. The van der Waals surface area contributed by atoms with E-state index in [4.69, 9.17) is 5.21 Å². The van der Waals surface area contributed by atoms with Crippen LogP contribution in [0, 0.1) is 13.8 Å². The van der Waals surface area contributed by atoms with Crippen LogP contribution >= 0.6 is 0 Å². The van der Waals surface area contributed by atoms with E-state index < -0.39 is 15.9 Å². The summed E-state index contributed by atoms with van der Waals surface area (Å²) >= 11 is 0. The van der Waals surface area contributed by atoms with Gasteiger partial charge in [0.2, 0.25) is 0 Å². The number of sulfonamides is 1. The Morgan fingerprint density at radius 2 is 1.83 bits per heavy atom. The summed E-state index contributed by atoms with van der Waals surface area (Å²) in [7, 11) is -3.74. The fraction of sp³-hybridized carbons (Fsp3) is 0.118. The molecule has 0 unspecified atom stereocenters. The van der Waals surface area contributed by atoms with Gasteiger partial charge in [-0.05, 0) is 60.9 Å². The molecular weight excluding hydrogens is 328 g/mol. The van der Waals surface area contributed by atoms with Gasteiger partial charge in [-0.2, -0.15) is 0 Å². The molecule has 0 heterocycles. The summed E-state index contributed by atoms with van der Waals surface area (Å²) in [6.45, 7) is 3.86. The molecule has 0 aliphatic heterocycles. The third-order valence-electron chi connectivity index (χ3n) is 3.46. The van der Waals surface area contributed by atoms with Crippen molar-refractivity contribution in [3.05, 3.63) is 65.2 Å². The van der Waals surface area contributed by atoms with E-state index in [1.54, 1.807) is 24.3 Å². The van der Waals surface area contributed by atoms with E-state index in [0.717, 1.165) is 17.2 Å². The first-order valence-corrected chi connectivity index (χ1v) is 8.62. The van der Waals surface area contributed by atoms with E-state index in [-0.39, 0.29) is 4.90 Å². The summed E-state index contributed by atoms with van der Waals surface area (Å²) < 4.78 is 27.5. The van der Waals surface area contributed by atoms with Crippen molar-refractivity contribution in [3.8, 4) is 0 Å². The zero-order chi connectivity index (χ0) is 17.7. The predicted molar refractivity (Wildman–Crippen MR) is 92.1 cm³/mol. The monoisotopic (exact) mass is 346 g/mol. The summed E-state index contributed by atoms with van der Waals surface area (Å²) in [5.74, 6) is -0.698. The van der Waals surface area contributed by atoms with Crippen molar-refractivity contribution in [3.63, 3.8) is 0 Å². The lowest BCUT2D eigenvalue weighted by atomic mass is 10.1. The van der Waals surface area contributed by atoms with Crippen LogP contribution in [-0.4, -0.2) is 19.5 Å². The molecule has 0 fully saturated rings. The molecule has 0 aliphatic rings. The van der Waals surface area contributed by atoms with Gasteiger partial charge in [0.15, 0.2) is 0 Å². The predicted octanol–water partition coefficient (Wildman–Crippen LogP) is 2.62. The number of aryl methyl sites for hydroxylation is 2. The number of rotatable bonds is 5. The van der Waals surface area contributed by atoms with Crippen LogP contribution in [0.15, 0.2) is 53.4 Å². The molecule has 0 aliphatic carbocycles. The third-order valence-corrected chi connectivity index (χ3v) is 4.84. The first kappa shape index (κ1) is 17.7. The zero-order valence-electron chi connectivity index (χ0n) is 13.3. The van der Waals surface area contributed by atoms with Gasteiger partial charge < -0.3 is 0 Å². The van der Waals surface area contributed by atoms with Gasteiger partial charge in [0.25, 0.3) is 15.9 Å². The fourth-order valence-corrected chi connectivity index (χ4v) is 3.12. The van der Waals surface area contributed by atoms with Crippen LogP contribution in [0.4, 0.5) is 5.69 Å². The van der Waals surface area contributed by atoms with Crippen LogP contribution in [-0.2, 0) is 14.8 Å². The van der Waals surface area contributed by atoms with Crippen LogP contribution < -0.4 is 10.2 Å². The van der Waals surface area contributed by atoms with Crippen LogP contribution in [0.2, 0.25) is 0 Å². The van der Waals surface area contributed by atoms with Crippen molar-refractivity contribution in [1.82, 2.24) is 5.48 Å². The molecule has 2 aromatic rings. The minimum absolute atomic E-state index is 0.0762. The smallest absolute Gasteiger partial charge is 0.267 e. The molecule has 0 saturated heterocycles. The van der Waals surface area contributed by atoms with Crippen LogP contribution in [0.25, 0.3) is 6.08 Å². The van der Waals surface area contributed by atoms with E-state index in [0.29, 0.717) is 11.3 Å². The molecule has 1 amide bonds. The lowest BCUT2D eigenvalue weighted by Crippen LogP contribution is -2.15. The second kappa shape index (κ2) is 7.29. The van der Waals surface area contributed by atoms with Gasteiger partial charge in [-0.15, -0.1) is 0 Å². The second-order valence-corrected chi connectivity index (χ2v) is 6.97. The molecule has 7 heteroatoms. The Morgan fingerprint density at radius 1 is 1.08 bits per heavy atom. The van der Waals surface area contributed by atoms with Crippen molar-refractivity contribution >= 4 is 27.7 Å². The number of hydroxylamine groups is 1. The summed E-state index contributed by atoms with van der Waals surface area (Å²) in [4.78, 5) is 11.1. The normalized spacial score (nSPS) is 11.5. The molecule has 0 atom stereocenters. The number of anilines is 1. The fourth-order valence-electron chi connectivity index (χ4n) is 2.01. The highest BCUT2D eigenvalue weighted by atomic mass is 32.2. The Morgan fingerprint density at radius 3 is 2.50 bits per heavy atom. The second-order valence-electron chi connectivity index (χ2n) is 5.29. The minimum Gasteiger partial charge on any atom is -0.288 e. The van der Waals surface area contributed by atoms with Gasteiger partial charge in [0.1, 0.15) is 0 Å². The number of nitrogens with one attached hydrogen (secondary N) is 2. The Labute approximate surface area is 140 Å². The van der Waals surface area contributed by atoms with Crippen LogP contribution in [0.1, 0.15) is 16.7 Å². The molecule has 0 saturated carbocycles. The molecule has 0 radical (unpaired) electrons. The Balaban J connectivity index is 2.27. The molecule has 6 nitrogen and oxygen atoms in total. The molecule has 24 heavy (non-hydrogen) atoms. The van der Waals surface area contributed by atoms with Crippen molar-refractivity contribution in [2.24, 2.45) is 0 Å². The van der Waals surface area contributed by atoms with E-state index >= 15 is 0 Å². The van der Waals surface area contributed by atoms with Crippen molar-refractivity contribution in [2.75, 3.05) is 4.72 Å². The number of hydrogen-bond donors (Lipinski definition) is 3. The highest BCUT2D eigenvalue weighted by Crippen LogP contribution is 2.20. The third kappa shape index (κ3) is 4.43. The van der Waals surface area contributed by atoms with Gasteiger partial charge >= 0.3 is 0 Å². The summed E-state index contributed by atoms with van der Waals surface area (Å²) in [5, 5.41) is 8.45. The maximum absolute atomic E-state index is 12.5. The highest BCUT2D eigenvalue weighted by Gasteiger charge is 2.14. The number of carbonyl (C=O) groups excluding carboxylic acids is 1.